The molecule has 0 saturated carbocycles. The predicted molar refractivity (Wildman–Crippen MR) is 66.0 cm³/mol. The number of rotatable bonds is 6. The van der Waals surface area contributed by atoms with E-state index in [-0.39, 0.29) is 12.0 Å². The molecule has 1 saturated heterocycles. The molecular formula is C12H24N2O3. The second kappa shape index (κ2) is 7.63. The Morgan fingerprint density at radius 2 is 2.35 bits per heavy atom. The fraction of sp³-hybridized carbons (Fsp3) is 0.917. The molecule has 0 aliphatic carbocycles. The van der Waals surface area contributed by atoms with Gasteiger partial charge in [-0.1, -0.05) is 0 Å². The van der Waals surface area contributed by atoms with Crippen molar-refractivity contribution < 1.29 is 14.3 Å². The van der Waals surface area contributed by atoms with Crippen LogP contribution in [0.5, 0.6) is 0 Å². The van der Waals surface area contributed by atoms with E-state index in [4.69, 9.17) is 9.47 Å². The van der Waals surface area contributed by atoms with Crippen LogP contribution in [0.3, 0.4) is 0 Å². The van der Waals surface area contributed by atoms with Crippen molar-refractivity contribution >= 4 is 5.97 Å². The average Bonchev–Trinajstić information content (AvgIpc) is 2.36. The van der Waals surface area contributed by atoms with Crippen LogP contribution in [0, 0.1) is 0 Å². The van der Waals surface area contributed by atoms with Gasteiger partial charge in [0, 0.05) is 19.7 Å². The Morgan fingerprint density at radius 3 is 2.88 bits per heavy atom. The molecule has 1 aliphatic heterocycles. The standard InChI is InChI=1S/C12H24N2O3/c1-13-11(12(15)16-3)9-14(2)8-10-6-4-5-7-17-10/h10-11,13H,4-9H2,1-3H3. The van der Waals surface area contributed by atoms with E-state index >= 15 is 0 Å². The first-order valence-electron chi connectivity index (χ1n) is 6.22. The van der Waals surface area contributed by atoms with Crippen molar-refractivity contribution in [1.82, 2.24) is 10.2 Å². The van der Waals surface area contributed by atoms with Gasteiger partial charge >= 0.3 is 5.97 Å². The van der Waals surface area contributed by atoms with E-state index in [1.54, 1.807) is 7.05 Å². The van der Waals surface area contributed by atoms with Gasteiger partial charge in [0.15, 0.2) is 0 Å². The molecule has 2 unspecified atom stereocenters. The lowest BCUT2D eigenvalue weighted by atomic mass is 10.1. The zero-order chi connectivity index (χ0) is 12.7. The highest BCUT2D eigenvalue weighted by Gasteiger charge is 2.21. The lowest BCUT2D eigenvalue weighted by Gasteiger charge is -2.29. The summed E-state index contributed by atoms with van der Waals surface area (Å²) in [7, 11) is 5.19. The quantitative estimate of drug-likeness (QED) is 0.679. The van der Waals surface area contributed by atoms with Crippen molar-refractivity contribution in [1.29, 1.82) is 0 Å². The monoisotopic (exact) mass is 244 g/mol. The summed E-state index contributed by atoms with van der Waals surface area (Å²) in [5.74, 6) is -0.219. The number of nitrogens with one attached hydrogen (secondary N) is 1. The molecule has 0 aromatic carbocycles. The number of carbonyl (C=O) groups is 1. The molecule has 1 aliphatic rings. The van der Waals surface area contributed by atoms with Crippen LogP contribution >= 0.6 is 0 Å². The number of likely N-dealkylation sites (N-methyl/N-ethyl adjacent to an activating group) is 2. The van der Waals surface area contributed by atoms with Crippen molar-refractivity contribution in [3.05, 3.63) is 0 Å². The fourth-order valence-corrected chi connectivity index (χ4v) is 2.11. The Labute approximate surface area is 103 Å². The van der Waals surface area contributed by atoms with Crippen molar-refractivity contribution in [2.24, 2.45) is 0 Å². The molecule has 0 radical (unpaired) electrons. The van der Waals surface area contributed by atoms with Crippen LogP contribution < -0.4 is 5.32 Å². The molecule has 1 rings (SSSR count). The van der Waals surface area contributed by atoms with Gasteiger partial charge < -0.3 is 19.7 Å². The SMILES string of the molecule is CNC(CN(C)CC1CCCCO1)C(=O)OC. The normalized spacial score (nSPS) is 22.5. The van der Waals surface area contributed by atoms with Gasteiger partial charge in [0.25, 0.3) is 0 Å². The van der Waals surface area contributed by atoms with Gasteiger partial charge in [0.1, 0.15) is 6.04 Å². The minimum absolute atomic E-state index is 0.219. The molecular weight excluding hydrogens is 220 g/mol. The molecule has 0 aromatic heterocycles. The van der Waals surface area contributed by atoms with Crippen LogP contribution in [0.1, 0.15) is 19.3 Å². The van der Waals surface area contributed by atoms with Crippen LogP contribution in [0.25, 0.3) is 0 Å². The molecule has 1 heterocycles. The molecule has 1 N–H and O–H groups in total. The van der Waals surface area contributed by atoms with Gasteiger partial charge in [-0.25, -0.2) is 0 Å². The maximum absolute atomic E-state index is 11.4. The van der Waals surface area contributed by atoms with Crippen LogP contribution in [0.15, 0.2) is 0 Å². The van der Waals surface area contributed by atoms with Crippen LogP contribution in [-0.4, -0.2) is 63.9 Å². The Bertz CT molecular complexity index is 230. The maximum atomic E-state index is 11.4. The Balaban J connectivity index is 2.30. The molecule has 17 heavy (non-hydrogen) atoms. The van der Waals surface area contributed by atoms with Crippen molar-refractivity contribution in [2.75, 3.05) is 40.9 Å². The number of methoxy groups -OCH3 is 1. The Hall–Kier alpha value is -0.650. The predicted octanol–water partition coefficient (Wildman–Crippen LogP) is 0.248. The second-order valence-corrected chi connectivity index (χ2v) is 4.57. The number of hydrogen-bond acceptors (Lipinski definition) is 5. The Morgan fingerprint density at radius 1 is 1.59 bits per heavy atom. The molecule has 0 spiro atoms. The first-order valence-corrected chi connectivity index (χ1v) is 6.22. The highest BCUT2D eigenvalue weighted by atomic mass is 16.5. The number of esters is 1. The molecule has 0 aromatic rings. The Kier molecular flexibility index (Phi) is 6.47. The maximum Gasteiger partial charge on any atom is 0.324 e. The smallest absolute Gasteiger partial charge is 0.324 e. The summed E-state index contributed by atoms with van der Waals surface area (Å²) in [5, 5.41) is 2.96. The summed E-state index contributed by atoms with van der Waals surface area (Å²) in [6, 6.07) is -0.270. The minimum atomic E-state index is -0.270. The van der Waals surface area contributed by atoms with E-state index in [0.717, 1.165) is 19.6 Å². The average molecular weight is 244 g/mol. The molecule has 0 bridgehead atoms. The van der Waals surface area contributed by atoms with Gasteiger partial charge in [-0.2, -0.15) is 0 Å². The fourth-order valence-electron chi connectivity index (χ4n) is 2.11. The van der Waals surface area contributed by atoms with Gasteiger partial charge in [0.2, 0.25) is 0 Å². The minimum Gasteiger partial charge on any atom is -0.468 e. The van der Waals surface area contributed by atoms with E-state index < -0.39 is 0 Å². The van der Waals surface area contributed by atoms with Gasteiger partial charge in [-0.3, -0.25) is 4.79 Å². The molecule has 0 amide bonds. The highest BCUT2D eigenvalue weighted by molar-refractivity contribution is 5.75. The summed E-state index contributed by atoms with van der Waals surface area (Å²) in [6.07, 6.45) is 3.84. The number of ether oxygens (including phenoxy) is 2. The number of carbonyl (C=O) groups excluding carboxylic acids is 1. The molecule has 2 atom stereocenters. The lowest BCUT2D eigenvalue weighted by Crippen LogP contribution is -2.46. The molecule has 100 valence electrons. The third kappa shape index (κ3) is 5.02. The van der Waals surface area contributed by atoms with Gasteiger partial charge in [-0.05, 0) is 33.4 Å². The van der Waals surface area contributed by atoms with Crippen LogP contribution in [0.4, 0.5) is 0 Å². The lowest BCUT2D eigenvalue weighted by molar-refractivity contribution is -0.143. The van der Waals surface area contributed by atoms with E-state index in [1.165, 1.54) is 20.0 Å². The van der Waals surface area contributed by atoms with Crippen LogP contribution in [0.2, 0.25) is 0 Å². The third-order valence-electron chi connectivity index (χ3n) is 3.12. The van der Waals surface area contributed by atoms with Gasteiger partial charge in [0.05, 0.1) is 13.2 Å². The summed E-state index contributed by atoms with van der Waals surface area (Å²) < 4.78 is 10.4. The van der Waals surface area contributed by atoms with Crippen molar-refractivity contribution in [3.8, 4) is 0 Å². The van der Waals surface area contributed by atoms with E-state index in [9.17, 15) is 4.79 Å². The summed E-state index contributed by atoms with van der Waals surface area (Å²) in [6.45, 7) is 2.38. The van der Waals surface area contributed by atoms with Crippen molar-refractivity contribution in [3.63, 3.8) is 0 Å². The van der Waals surface area contributed by atoms with E-state index in [0.29, 0.717) is 12.6 Å². The summed E-state index contributed by atoms with van der Waals surface area (Å²) >= 11 is 0. The zero-order valence-corrected chi connectivity index (χ0v) is 11.1. The molecule has 5 nitrogen and oxygen atoms in total. The van der Waals surface area contributed by atoms with Crippen LogP contribution in [-0.2, 0) is 14.3 Å². The first kappa shape index (κ1) is 14.4. The van der Waals surface area contributed by atoms with Gasteiger partial charge in [-0.15, -0.1) is 0 Å². The number of nitrogens with zero attached hydrogens (tertiary/aromatic N) is 1. The summed E-state index contributed by atoms with van der Waals surface area (Å²) in [4.78, 5) is 13.5. The third-order valence-corrected chi connectivity index (χ3v) is 3.12. The first-order chi connectivity index (χ1) is 8.17. The molecule has 1 fully saturated rings. The van der Waals surface area contributed by atoms with Crippen molar-refractivity contribution in [2.45, 2.75) is 31.4 Å². The topological polar surface area (TPSA) is 50.8 Å². The van der Waals surface area contributed by atoms with E-state index in [2.05, 4.69) is 10.2 Å². The van der Waals surface area contributed by atoms with E-state index in [1.807, 2.05) is 7.05 Å². The summed E-state index contributed by atoms with van der Waals surface area (Å²) in [5.41, 5.74) is 0. The highest BCUT2D eigenvalue weighted by Crippen LogP contribution is 2.13. The zero-order valence-electron chi connectivity index (χ0n) is 11.1. The molecule has 5 heteroatoms. The number of hydrogen-bond donors (Lipinski definition) is 1. The second-order valence-electron chi connectivity index (χ2n) is 4.57. The largest absolute Gasteiger partial charge is 0.468 e.